The van der Waals surface area contributed by atoms with Gasteiger partial charge in [-0.15, -0.1) is 11.3 Å². The molecule has 0 aliphatic carbocycles. The molecule has 2 amide bonds. The van der Waals surface area contributed by atoms with E-state index in [2.05, 4.69) is 0 Å². The van der Waals surface area contributed by atoms with Gasteiger partial charge in [0.15, 0.2) is 0 Å². The highest BCUT2D eigenvalue weighted by Crippen LogP contribution is 2.41. The van der Waals surface area contributed by atoms with Gasteiger partial charge in [0.2, 0.25) is 5.91 Å². The third-order valence-corrected chi connectivity index (χ3v) is 7.57. The first-order valence-electron chi connectivity index (χ1n) is 11.2. The van der Waals surface area contributed by atoms with Crippen LogP contribution in [0.3, 0.4) is 0 Å². The summed E-state index contributed by atoms with van der Waals surface area (Å²) in [5.41, 5.74) is 2.08. The second-order valence-corrected chi connectivity index (χ2v) is 10.1. The lowest BCUT2D eigenvalue weighted by atomic mass is 9.93. The van der Waals surface area contributed by atoms with Crippen LogP contribution in [0.5, 0.6) is 0 Å². The molecule has 0 fully saturated rings. The molecule has 0 N–H and O–H groups in total. The Morgan fingerprint density at radius 3 is 2.71 bits per heavy atom. The van der Waals surface area contributed by atoms with Crippen LogP contribution in [0.2, 0.25) is 10.0 Å². The molecule has 0 saturated heterocycles. The van der Waals surface area contributed by atoms with E-state index in [1.54, 1.807) is 34.4 Å². The van der Waals surface area contributed by atoms with E-state index in [0.717, 1.165) is 30.4 Å². The predicted molar refractivity (Wildman–Crippen MR) is 135 cm³/mol. The zero-order valence-corrected chi connectivity index (χ0v) is 21.1. The average Bonchev–Trinajstić information content (AvgIpc) is 3.30. The largest absolute Gasteiger partial charge is 0.330 e. The van der Waals surface area contributed by atoms with Gasteiger partial charge in [-0.3, -0.25) is 9.59 Å². The maximum atomic E-state index is 13.7. The van der Waals surface area contributed by atoms with Gasteiger partial charge in [-0.25, -0.2) is 4.39 Å². The van der Waals surface area contributed by atoms with Crippen LogP contribution in [0, 0.1) is 5.82 Å². The van der Waals surface area contributed by atoms with Crippen molar-refractivity contribution < 1.29 is 14.0 Å². The van der Waals surface area contributed by atoms with Crippen LogP contribution in [0.4, 0.5) is 4.39 Å². The first-order chi connectivity index (χ1) is 16.4. The van der Waals surface area contributed by atoms with Crippen LogP contribution >= 0.6 is 34.5 Å². The monoisotopic (exact) mass is 518 g/mol. The summed E-state index contributed by atoms with van der Waals surface area (Å²) in [7, 11) is 0. The van der Waals surface area contributed by atoms with E-state index in [4.69, 9.17) is 23.2 Å². The van der Waals surface area contributed by atoms with Crippen molar-refractivity contribution in [1.29, 1.82) is 0 Å². The topological polar surface area (TPSA) is 40.6 Å². The molecule has 1 atom stereocenters. The number of halogens is 3. The Balaban J connectivity index is 1.64. The lowest BCUT2D eigenvalue weighted by Gasteiger charge is -2.38. The number of amides is 2. The molecule has 0 bridgehead atoms. The highest BCUT2D eigenvalue weighted by molar-refractivity contribution is 7.10. The Morgan fingerprint density at radius 2 is 1.97 bits per heavy atom. The van der Waals surface area contributed by atoms with Gasteiger partial charge in [-0.05, 0) is 65.7 Å². The fraction of sp³-hybridized carbons (Fsp3) is 0.308. The van der Waals surface area contributed by atoms with Crippen LogP contribution in [0.25, 0.3) is 0 Å². The highest BCUT2D eigenvalue weighted by Gasteiger charge is 2.35. The Kier molecular flexibility index (Phi) is 7.91. The minimum absolute atomic E-state index is 0.0868. The summed E-state index contributed by atoms with van der Waals surface area (Å²) < 4.78 is 13.7. The second kappa shape index (κ2) is 10.9. The van der Waals surface area contributed by atoms with Crippen molar-refractivity contribution in [1.82, 2.24) is 9.80 Å². The molecule has 4 rings (SSSR count). The van der Waals surface area contributed by atoms with Crippen molar-refractivity contribution >= 4 is 46.4 Å². The van der Waals surface area contributed by atoms with E-state index in [9.17, 15) is 14.0 Å². The molecule has 3 aromatic rings. The zero-order valence-electron chi connectivity index (χ0n) is 18.8. The molecule has 4 nitrogen and oxygen atoms in total. The van der Waals surface area contributed by atoms with Crippen molar-refractivity contribution in [2.45, 2.75) is 32.2 Å². The van der Waals surface area contributed by atoms with Crippen molar-refractivity contribution in [2.24, 2.45) is 0 Å². The third-order valence-electron chi connectivity index (χ3n) is 6.01. The molecular weight excluding hydrogens is 494 g/mol. The molecule has 2 heterocycles. The van der Waals surface area contributed by atoms with E-state index >= 15 is 0 Å². The van der Waals surface area contributed by atoms with E-state index in [0.29, 0.717) is 23.1 Å². The number of rotatable bonds is 7. The molecule has 34 heavy (non-hydrogen) atoms. The van der Waals surface area contributed by atoms with Crippen LogP contribution in [0.1, 0.15) is 52.2 Å². The van der Waals surface area contributed by atoms with Gasteiger partial charge >= 0.3 is 0 Å². The Morgan fingerprint density at radius 1 is 1.15 bits per heavy atom. The number of benzene rings is 2. The van der Waals surface area contributed by atoms with Gasteiger partial charge in [-0.1, -0.05) is 48.7 Å². The molecule has 1 aliphatic heterocycles. The van der Waals surface area contributed by atoms with Gasteiger partial charge in [0.05, 0.1) is 6.04 Å². The standard InChI is InChI=1S/C26H25Cl2FN2O2S/c1-2-3-11-30(26(33)17-5-4-6-19(29)14-17)16-24(32)31-12-9-23-21(10-13-34-23)25(31)20-8-7-18(27)15-22(20)28/h4-8,10,13-15,25H,2-3,9,11-12,16H2,1H3. The van der Waals surface area contributed by atoms with Gasteiger partial charge in [-0.2, -0.15) is 0 Å². The van der Waals surface area contributed by atoms with E-state index in [-0.39, 0.29) is 30.0 Å². The van der Waals surface area contributed by atoms with Crippen molar-refractivity contribution in [3.63, 3.8) is 0 Å². The summed E-state index contributed by atoms with van der Waals surface area (Å²) in [6.45, 7) is 2.87. The predicted octanol–water partition coefficient (Wildman–Crippen LogP) is 6.61. The van der Waals surface area contributed by atoms with Crippen molar-refractivity contribution in [2.75, 3.05) is 19.6 Å². The van der Waals surface area contributed by atoms with Crippen LogP contribution < -0.4 is 0 Å². The summed E-state index contributed by atoms with van der Waals surface area (Å²) in [6.07, 6.45) is 2.36. The van der Waals surface area contributed by atoms with E-state index in [1.807, 2.05) is 24.4 Å². The van der Waals surface area contributed by atoms with Gasteiger partial charge in [0.1, 0.15) is 12.4 Å². The summed E-state index contributed by atoms with van der Waals surface area (Å²) in [5, 5.41) is 3.05. The quantitative estimate of drug-likeness (QED) is 0.353. The van der Waals surface area contributed by atoms with E-state index < -0.39 is 5.82 Å². The smallest absolute Gasteiger partial charge is 0.254 e. The van der Waals surface area contributed by atoms with E-state index in [1.165, 1.54) is 28.0 Å². The van der Waals surface area contributed by atoms with Crippen LogP contribution in [-0.4, -0.2) is 41.2 Å². The number of fused-ring (bicyclic) bond motifs is 1. The number of hydrogen-bond donors (Lipinski definition) is 0. The molecule has 0 radical (unpaired) electrons. The Hall–Kier alpha value is -2.41. The first-order valence-corrected chi connectivity index (χ1v) is 12.9. The molecule has 0 spiro atoms. The number of unbranched alkanes of at least 4 members (excludes halogenated alkanes) is 1. The normalized spacial score (nSPS) is 15.2. The molecule has 2 aromatic carbocycles. The number of hydrogen-bond acceptors (Lipinski definition) is 3. The van der Waals surface area contributed by atoms with Crippen LogP contribution in [-0.2, 0) is 11.2 Å². The number of carbonyl (C=O) groups is 2. The number of thiophene rings is 1. The highest BCUT2D eigenvalue weighted by atomic mass is 35.5. The minimum atomic E-state index is -0.480. The van der Waals surface area contributed by atoms with Gasteiger partial charge < -0.3 is 9.80 Å². The first kappa shape index (κ1) is 24.7. The van der Waals surface area contributed by atoms with Gasteiger partial charge in [0, 0.05) is 33.6 Å². The van der Waals surface area contributed by atoms with Gasteiger partial charge in [0.25, 0.3) is 5.91 Å². The van der Waals surface area contributed by atoms with Crippen molar-refractivity contribution in [3.05, 3.63) is 91.3 Å². The molecule has 178 valence electrons. The second-order valence-electron chi connectivity index (χ2n) is 8.30. The molecule has 0 saturated carbocycles. The summed E-state index contributed by atoms with van der Waals surface area (Å²) in [5.74, 6) is -1.00. The average molecular weight is 519 g/mol. The third kappa shape index (κ3) is 5.29. The lowest BCUT2D eigenvalue weighted by molar-refractivity contribution is -0.134. The molecule has 1 aliphatic rings. The summed E-state index contributed by atoms with van der Waals surface area (Å²) in [4.78, 5) is 31.4. The maximum Gasteiger partial charge on any atom is 0.254 e. The Labute approximate surface area is 212 Å². The fourth-order valence-corrected chi connectivity index (χ4v) is 5.72. The molecule has 8 heteroatoms. The molecule has 1 aromatic heterocycles. The van der Waals surface area contributed by atoms with Crippen molar-refractivity contribution in [3.8, 4) is 0 Å². The number of carbonyl (C=O) groups excluding carboxylic acids is 2. The maximum absolute atomic E-state index is 13.7. The fourth-order valence-electron chi connectivity index (χ4n) is 4.30. The summed E-state index contributed by atoms with van der Waals surface area (Å²) in [6, 6.07) is 12.6. The Bertz CT molecular complexity index is 1200. The summed E-state index contributed by atoms with van der Waals surface area (Å²) >= 11 is 14.4. The number of nitrogens with zero attached hydrogens (tertiary/aromatic N) is 2. The zero-order chi connectivity index (χ0) is 24.2. The molecule has 1 unspecified atom stereocenters. The van der Waals surface area contributed by atoms with Crippen LogP contribution in [0.15, 0.2) is 53.9 Å². The lowest BCUT2D eigenvalue weighted by Crippen LogP contribution is -2.47. The molecular formula is C26H25Cl2FN2O2S. The minimum Gasteiger partial charge on any atom is -0.330 e. The SMILES string of the molecule is CCCCN(CC(=O)N1CCc2sccc2C1c1ccc(Cl)cc1Cl)C(=O)c1cccc(F)c1.